The minimum absolute atomic E-state index is 0.242. The van der Waals surface area contributed by atoms with Gasteiger partial charge < -0.3 is 4.57 Å². The van der Waals surface area contributed by atoms with Gasteiger partial charge in [-0.25, -0.2) is 4.79 Å². The van der Waals surface area contributed by atoms with E-state index in [-0.39, 0.29) is 16.5 Å². The lowest BCUT2D eigenvalue weighted by molar-refractivity contribution is -0.136. The summed E-state index contributed by atoms with van der Waals surface area (Å²) < 4.78 is 44.8. The standard InChI is InChI=1S/C23H19F3N6O/c1-14-8-22(9-14,20-29-28-13-30(20)2)16-4-3-5-17(7-16)31-12-19-18(23(24,25)26)6-15(10-27)11-32(19)21(31)33/h3-7,11-14H,8-9H2,1-2H3/t14-,22+. The minimum Gasteiger partial charge on any atom is -0.320 e. The molecule has 1 aliphatic carbocycles. The molecule has 0 N–H and O–H groups in total. The highest BCUT2D eigenvalue weighted by Crippen LogP contribution is 2.51. The average molecular weight is 452 g/mol. The highest BCUT2D eigenvalue weighted by molar-refractivity contribution is 5.59. The topological polar surface area (TPSA) is 80.9 Å². The van der Waals surface area contributed by atoms with Crippen molar-refractivity contribution >= 4 is 5.52 Å². The minimum atomic E-state index is -4.71. The van der Waals surface area contributed by atoms with Gasteiger partial charge in [0.2, 0.25) is 0 Å². The number of aryl methyl sites for hydroxylation is 1. The molecule has 0 bridgehead atoms. The number of nitriles is 1. The first-order valence-corrected chi connectivity index (χ1v) is 10.3. The second-order valence-corrected chi connectivity index (χ2v) is 8.70. The van der Waals surface area contributed by atoms with Gasteiger partial charge in [0.25, 0.3) is 0 Å². The second-order valence-electron chi connectivity index (χ2n) is 8.70. The highest BCUT2D eigenvalue weighted by atomic mass is 19.4. The van der Waals surface area contributed by atoms with Crippen molar-refractivity contribution in [3.8, 4) is 11.8 Å². The maximum atomic E-state index is 13.6. The van der Waals surface area contributed by atoms with Gasteiger partial charge in [0, 0.05) is 19.4 Å². The lowest BCUT2D eigenvalue weighted by atomic mass is 9.58. The molecule has 0 amide bonds. The highest BCUT2D eigenvalue weighted by Gasteiger charge is 2.48. The van der Waals surface area contributed by atoms with Crippen LogP contribution in [0.2, 0.25) is 0 Å². The summed E-state index contributed by atoms with van der Waals surface area (Å²) in [5.74, 6) is 1.29. The van der Waals surface area contributed by atoms with Crippen molar-refractivity contribution in [1.29, 1.82) is 5.26 Å². The molecule has 1 aromatic carbocycles. The summed E-state index contributed by atoms with van der Waals surface area (Å²) in [6, 6.07) is 9.67. The van der Waals surface area contributed by atoms with Gasteiger partial charge in [0.15, 0.2) is 0 Å². The molecule has 1 saturated carbocycles. The zero-order valence-electron chi connectivity index (χ0n) is 17.8. The lowest BCUT2D eigenvalue weighted by Crippen LogP contribution is -2.43. The molecule has 4 aromatic rings. The monoisotopic (exact) mass is 452 g/mol. The van der Waals surface area contributed by atoms with Crippen LogP contribution < -0.4 is 5.69 Å². The van der Waals surface area contributed by atoms with Crippen molar-refractivity contribution in [2.24, 2.45) is 13.0 Å². The van der Waals surface area contributed by atoms with E-state index in [0.717, 1.165) is 40.9 Å². The van der Waals surface area contributed by atoms with Crippen molar-refractivity contribution < 1.29 is 13.2 Å². The van der Waals surface area contributed by atoms with Crippen LogP contribution in [-0.2, 0) is 18.6 Å². The molecule has 3 aromatic heterocycles. The predicted octanol–water partition coefficient (Wildman–Crippen LogP) is 3.83. The number of nitrogens with zero attached hydrogens (tertiary/aromatic N) is 6. The molecular formula is C23H19F3N6O. The van der Waals surface area contributed by atoms with Gasteiger partial charge >= 0.3 is 11.9 Å². The van der Waals surface area contributed by atoms with Gasteiger partial charge in [-0.15, -0.1) is 10.2 Å². The molecule has 0 aliphatic heterocycles. The summed E-state index contributed by atoms with van der Waals surface area (Å²) in [5.41, 5.74) is -1.28. The van der Waals surface area contributed by atoms with Crippen LogP contribution >= 0.6 is 0 Å². The molecule has 1 fully saturated rings. The average Bonchev–Trinajstić information content (AvgIpc) is 3.33. The van der Waals surface area contributed by atoms with E-state index in [0.29, 0.717) is 11.6 Å². The number of hydrogen-bond acceptors (Lipinski definition) is 4. The van der Waals surface area contributed by atoms with Crippen molar-refractivity contribution in [1.82, 2.24) is 23.7 Å². The van der Waals surface area contributed by atoms with Crippen LogP contribution in [0.25, 0.3) is 11.2 Å². The van der Waals surface area contributed by atoms with Crippen LogP contribution in [-0.4, -0.2) is 23.7 Å². The number of halogens is 3. The number of pyridine rings is 1. The fraction of sp³-hybridized carbons (Fsp3) is 0.304. The Bertz CT molecular complexity index is 1480. The van der Waals surface area contributed by atoms with Crippen molar-refractivity contribution in [2.45, 2.75) is 31.4 Å². The molecule has 0 unspecified atom stereocenters. The van der Waals surface area contributed by atoms with E-state index in [1.807, 2.05) is 23.7 Å². The zero-order chi connectivity index (χ0) is 23.5. The number of rotatable bonds is 3. The number of hydrogen-bond donors (Lipinski definition) is 0. The van der Waals surface area contributed by atoms with Crippen LogP contribution in [0.15, 0.2) is 53.8 Å². The van der Waals surface area contributed by atoms with Crippen molar-refractivity contribution in [3.63, 3.8) is 0 Å². The summed E-state index contributed by atoms with van der Waals surface area (Å²) in [7, 11) is 1.88. The van der Waals surface area contributed by atoms with E-state index in [1.165, 1.54) is 10.8 Å². The fourth-order valence-corrected chi connectivity index (χ4v) is 5.01. The Morgan fingerprint density at radius 1 is 1.21 bits per heavy atom. The van der Waals surface area contributed by atoms with Crippen LogP contribution in [0.3, 0.4) is 0 Å². The van der Waals surface area contributed by atoms with Gasteiger partial charge in [-0.3, -0.25) is 8.97 Å². The Morgan fingerprint density at radius 2 is 1.97 bits per heavy atom. The summed E-state index contributed by atoms with van der Waals surface area (Å²) in [6.45, 7) is 2.15. The maximum absolute atomic E-state index is 13.6. The normalized spacial score (nSPS) is 20.5. The molecule has 1 aliphatic rings. The van der Waals surface area contributed by atoms with Gasteiger partial charge in [0.05, 0.1) is 27.7 Å². The van der Waals surface area contributed by atoms with Crippen LogP contribution in [0.1, 0.15) is 42.3 Å². The number of aromatic nitrogens is 5. The van der Waals surface area contributed by atoms with E-state index in [2.05, 4.69) is 17.1 Å². The molecule has 168 valence electrons. The van der Waals surface area contributed by atoms with Crippen LogP contribution in [0, 0.1) is 17.2 Å². The first kappa shape index (κ1) is 21.0. The molecule has 7 nitrogen and oxygen atoms in total. The Balaban J connectivity index is 1.69. The number of benzene rings is 1. The predicted molar refractivity (Wildman–Crippen MR) is 113 cm³/mol. The largest absolute Gasteiger partial charge is 0.418 e. The molecule has 33 heavy (non-hydrogen) atoms. The first-order chi connectivity index (χ1) is 15.6. The van der Waals surface area contributed by atoms with Gasteiger partial charge in [-0.1, -0.05) is 19.1 Å². The quantitative estimate of drug-likeness (QED) is 0.473. The van der Waals surface area contributed by atoms with Gasteiger partial charge in [-0.2, -0.15) is 18.4 Å². The van der Waals surface area contributed by atoms with E-state index < -0.39 is 17.4 Å². The Hall–Kier alpha value is -3.87. The van der Waals surface area contributed by atoms with Crippen LogP contribution in [0.5, 0.6) is 0 Å². The van der Waals surface area contributed by atoms with E-state index in [4.69, 9.17) is 5.26 Å². The number of alkyl halides is 3. The summed E-state index contributed by atoms with van der Waals surface area (Å²) in [5, 5.41) is 17.5. The Labute approximate surface area is 186 Å². The molecule has 0 spiro atoms. The Morgan fingerprint density at radius 3 is 2.58 bits per heavy atom. The maximum Gasteiger partial charge on any atom is 0.418 e. The molecule has 5 rings (SSSR count). The SMILES string of the molecule is Cn1cnnc1[C@]1(c2cccc(-n3cc4c(C(F)(F)F)cc(C#N)cn4c3=O)c2)C[C@H](C)C1. The molecule has 0 radical (unpaired) electrons. The third-order valence-corrected chi connectivity index (χ3v) is 6.41. The summed E-state index contributed by atoms with van der Waals surface area (Å²) >= 11 is 0. The van der Waals surface area contributed by atoms with Crippen molar-refractivity contribution in [2.75, 3.05) is 0 Å². The molecule has 0 saturated heterocycles. The second kappa shape index (κ2) is 7.07. The van der Waals surface area contributed by atoms with E-state index in [9.17, 15) is 18.0 Å². The molecule has 3 heterocycles. The fourth-order valence-electron chi connectivity index (χ4n) is 5.01. The number of imidazole rings is 1. The lowest BCUT2D eigenvalue weighted by Gasteiger charge is -2.46. The van der Waals surface area contributed by atoms with Crippen LogP contribution in [0.4, 0.5) is 13.2 Å². The number of fused-ring (bicyclic) bond motifs is 1. The van der Waals surface area contributed by atoms with Gasteiger partial charge in [0.1, 0.15) is 18.2 Å². The third-order valence-electron chi connectivity index (χ3n) is 6.41. The molecular weight excluding hydrogens is 433 g/mol. The van der Waals surface area contributed by atoms with E-state index in [1.54, 1.807) is 24.5 Å². The van der Waals surface area contributed by atoms with Crippen molar-refractivity contribution in [3.05, 3.63) is 82.1 Å². The van der Waals surface area contributed by atoms with Gasteiger partial charge in [-0.05, 0) is 42.5 Å². The van der Waals surface area contributed by atoms with E-state index >= 15 is 0 Å². The molecule has 0 atom stereocenters. The zero-order valence-corrected chi connectivity index (χ0v) is 17.8. The Kier molecular flexibility index (Phi) is 4.50. The molecule has 10 heteroatoms. The summed E-state index contributed by atoms with van der Waals surface area (Å²) in [6.07, 6.45) is 0.917. The third kappa shape index (κ3) is 3.15. The first-order valence-electron chi connectivity index (χ1n) is 10.3. The summed E-state index contributed by atoms with van der Waals surface area (Å²) in [4.78, 5) is 13.1. The smallest absolute Gasteiger partial charge is 0.320 e.